The van der Waals surface area contributed by atoms with Crippen LogP contribution in [0.3, 0.4) is 0 Å². The SMILES string of the molecule is Cc1c(NC(=O)COc2ccc([N+](=O)[O-])cc2Cc2ccccc2)cccc1[N+](=O)[O-]. The highest BCUT2D eigenvalue weighted by atomic mass is 16.6. The predicted molar refractivity (Wildman–Crippen MR) is 114 cm³/mol. The molecule has 9 nitrogen and oxygen atoms in total. The lowest BCUT2D eigenvalue weighted by atomic mass is 10.0. The van der Waals surface area contributed by atoms with Crippen molar-refractivity contribution in [2.45, 2.75) is 13.3 Å². The van der Waals surface area contributed by atoms with E-state index in [1.54, 1.807) is 13.0 Å². The fourth-order valence-electron chi connectivity index (χ4n) is 3.06. The summed E-state index contributed by atoms with van der Waals surface area (Å²) in [6.45, 7) is 1.19. The summed E-state index contributed by atoms with van der Waals surface area (Å²) < 4.78 is 5.63. The molecule has 31 heavy (non-hydrogen) atoms. The van der Waals surface area contributed by atoms with Crippen LogP contribution in [0, 0.1) is 27.2 Å². The van der Waals surface area contributed by atoms with E-state index in [-0.39, 0.29) is 18.0 Å². The summed E-state index contributed by atoms with van der Waals surface area (Å²) in [7, 11) is 0. The van der Waals surface area contributed by atoms with E-state index >= 15 is 0 Å². The fraction of sp³-hybridized carbons (Fsp3) is 0.136. The van der Waals surface area contributed by atoms with Gasteiger partial charge in [-0.15, -0.1) is 0 Å². The number of nitrogens with zero attached hydrogens (tertiary/aromatic N) is 2. The van der Waals surface area contributed by atoms with Crippen LogP contribution in [0.1, 0.15) is 16.7 Å². The third-order valence-corrected chi connectivity index (χ3v) is 4.63. The highest BCUT2D eigenvalue weighted by molar-refractivity contribution is 5.93. The molecule has 1 N–H and O–H groups in total. The van der Waals surface area contributed by atoms with Crippen LogP contribution >= 0.6 is 0 Å². The number of carbonyl (C=O) groups excluding carboxylic acids is 1. The fourth-order valence-corrected chi connectivity index (χ4v) is 3.06. The molecule has 0 aromatic heterocycles. The summed E-state index contributed by atoms with van der Waals surface area (Å²) in [4.78, 5) is 33.5. The minimum absolute atomic E-state index is 0.0741. The number of nitro groups is 2. The van der Waals surface area contributed by atoms with E-state index in [2.05, 4.69) is 5.32 Å². The zero-order valence-corrected chi connectivity index (χ0v) is 16.6. The Morgan fingerprint density at radius 2 is 1.71 bits per heavy atom. The molecule has 3 aromatic carbocycles. The molecular formula is C22H19N3O6. The smallest absolute Gasteiger partial charge is 0.274 e. The standard InChI is InChI=1S/C22H19N3O6/c1-15-19(8-5-9-20(15)25(29)30)23-22(26)14-31-21-11-10-18(24(27)28)13-17(21)12-16-6-3-2-4-7-16/h2-11,13H,12,14H2,1H3,(H,23,26). The lowest BCUT2D eigenvalue weighted by Gasteiger charge is -2.13. The molecule has 0 heterocycles. The molecule has 0 aliphatic carbocycles. The average molecular weight is 421 g/mol. The number of amides is 1. The molecule has 158 valence electrons. The number of ether oxygens (including phenoxy) is 1. The monoisotopic (exact) mass is 421 g/mol. The van der Waals surface area contributed by atoms with Crippen LogP contribution in [-0.2, 0) is 11.2 Å². The van der Waals surface area contributed by atoms with Crippen molar-refractivity contribution < 1.29 is 19.4 Å². The van der Waals surface area contributed by atoms with Crippen molar-refractivity contribution in [2.75, 3.05) is 11.9 Å². The summed E-state index contributed by atoms with van der Waals surface area (Å²) in [6.07, 6.45) is 0.392. The van der Waals surface area contributed by atoms with Crippen molar-refractivity contribution in [3.05, 3.63) is 104 Å². The molecular weight excluding hydrogens is 402 g/mol. The number of hydrogen-bond acceptors (Lipinski definition) is 6. The zero-order valence-electron chi connectivity index (χ0n) is 16.6. The molecule has 9 heteroatoms. The molecule has 1 amide bonds. The summed E-state index contributed by atoms with van der Waals surface area (Å²) >= 11 is 0. The van der Waals surface area contributed by atoms with Gasteiger partial charge < -0.3 is 10.1 Å². The minimum atomic E-state index is -0.520. The first-order valence-corrected chi connectivity index (χ1v) is 9.33. The molecule has 0 bridgehead atoms. The average Bonchev–Trinajstić information content (AvgIpc) is 2.74. The Morgan fingerprint density at radius 1 is 0.968 bits per heavy atom. The first-order chi connectivity index (χ1) is 14.8. The second-order valence-electron chi connectivity index (χ2n) is 6.76. The molecule has 0 fully saturated rings. The van der Waals surface area contributed by atoms with E-state index < -0.39 is 15.8 Å². The first-order valence-electron chi connectivity index (χ1n) is 9.33. The molecule has 0 atom stereocenters. The molecule has 0 radical (unpaired) electrons. The highest BCUT2D eigenvalue weighted by Crippen LogP contribution is 2.27. The molecule has 3 aromatic rings. The summed E-state index contributed by atoms with van der Waals surface area (Å²) in [5.41, 5.74) is 1.98. The van der Waals surface area contributed by atoms with Crippen molar-refractivity contribution in [1.29, 1.82) is 0 Å². The van der Waals surface area contributed by atoms with Gasteiger partial charge in [0.15, 0.2) is 6.61 Å². The number of nitrogens with one attached hydrogen (secondary N) is 1. The normalized spacial score (nSPS) is 10.4. The Kier molecular flexibility index (Phi) is 6.56. The Hall–Kier alpha value is -4.27. The molecule has 0 saturated heterocycles. The maximum absolute atomic E-state index is 12.3. The number of hydrogen-bond donors (Lipinski definition) is 1. The lowest BCUT2D eigenvalue weighted by Crippen LogP contribution is -2.21. The Labute approximate surface area is 177 Å². The van der Waals surface area contributed by atoms with Crippen LogP contribution in [0.2, 0.25) is 0 Å². The molecule has 0 aliphatic heterocycles. The number of non-ortho nitro benzene ring substituents is 1. The van der Waals surface area contributed by atoms with E-state index in [1.807, 2.05) is 30.3 Å². The van der Waals surface area contributed by atoms with Gasteiger partial charge >= 0.3 is 0 Å². The molecule has 0 aliphatic rings. The van der Waals surface area contributed by atoms with E-state index in [0.717, 1.165) is 5.56 Å². The van der Waals surface area contributed by atoms with Crippen LogP contribution in [0.25, 0.3) is 0 Å². The van der Waals surface area contributed by atoms with E-state index in [1.165, 1.54) is 30.3 Å². The maximum Gasteiger partial charge on any atom is 0.274 e. The minimum Gasteiger partial charge on any atom is -0.483 e. The quantitative estimate of drug-likeness (QED) is 0.424. The number of rotatable bonds is 8. The van der Waals surface area contributed by atoms with Crippen LogP contribution in [0.4, 0.5) is 17.1 Å². The topological polar surface area (TPSA) is 125 Å². The third-order valence-electron chi connectivity index (χ3n) is 4.63. The second-order valence-corrected chi connectivity index (χ2v) is 6.76. The second kappa shape index (κ2) is 9.49. The van der Waals surface area contributed by atoms with Crippen molar-refractivity contribution in [2.24, 2.45) is 0 Å². The lowest BCUT2D eigenvalue weighted by molar-refractivity contribution is -0.385. The number of nitro benzene ring substituents is 2. The number of anilines is 1. The van der Waals surface area contributed by atoms with Gasteiger partial charge in [0.05, 0.1) is 21.1 Å². The summed E-state index contributed by atoms with van der Waals surface area (Å²) in [6, 6.07) is 18.0. The van der Waals surface area contributed by atoms with Gasteiger partial charge in [0, 0.05) is 30.2 Å². The number of carbonyl (C=O) groups is 1. The molecule has 3 rings (SSSR count). The molecule has 0 saturated carbocycles. The van der Waals surface area contributed by atoms with Crippen molar-refractivity contribution in [3.63, 3.8) is 0 Å². The largest absolute Gasteiger partial charge is 0.483 e. The predicted octanol–water partition coefficient (Wildman–Crippen LogP) is 4.42. The van der Waals surface area contributed by atoms with E-state index in [0.29, 0.717) is 29.0 Å². The van der Waals surface area contributed by atoms with E-state index in [4.69, 9.17) is 4.74 Å². The third kappa shape index (κ3) is 5.41. The van der Waals surface area contributed by atoms with Gasteiger partial charge in [-0.1, -0.05) is 36.4 Å². The summed E-state index contributed by atoms with van der Waals surface area (Å²) in [5.74, 6) is -0.159. The Balaban J connectivity index is 1.75. The van der Waals surface area contributed by atoms with Crippen LogP contribution in [0.5, 0.6) is 5.75 Å². The van der Waals surface area contributed by atoms with Crippen LogP contribution < -0.4 is 10.1 Å². The Bertz CT molecular complexity index is 1130. The number of benzene rings is 3. The first kappa shape index (κ1) is 21.4. The Morgan fingerprint density at radius 3 is 2.39 bits per heavy atom. The maximum atomic E-state index is 12.3. The van der Waals surface area contributed by atoms with Gasteiger partial charge in [0.25, 0.3) is 17.3 Å². The van der Waals surface area contributed by atoms with Gasteiger partial charge in [0.1, 0.15) is 5.75 Å². The van der Waals surface area contributed by atoms with Crippen molar-refractivity contribution in [1.82, 2.24) is 0 Å². The molecule has 0 unspecified atom stereocenters. The van der Waals surface area contributed by atoms with Gasteiger partial charge in [-0.25, -0.2) is 0 Å². The van der Waals surface area contributed by atoms with Crippen LogP contribution in [0.15, 0.2) is 66.7 Å². The summed E-state index contributed by atoms with van der Waals surface area (Å²) in [5, 5.41) is 24.8. The molecule has 0 spiro atoms. The van der Waals surface area contributed by atoms with Gasteiger partial charge in [0.2, 0.25) is 0 Å². The van der Waals surface area contributed by atoms with Crippen molar-refractivity contribution in [3.8, 4) is 5.75 Å². The van der Waals surface area contributed by atoms with Gasteiger partial charge in [-0.2, -0.15) is 0 Å². The van der Waals surface area contributed by atoms with Crippen LogP contribution in [-0.4, -0.2) is 22.4 Å². The zero-order chi connectivity index (χ0) is 22.4. The van der Waals surface area contributed by atoms with Gasteiger partial charge in [-0.3, -0.25) is 25.0 Å². The van der Waals surface area contributed by atoms with E-state index in [9.17, 15) is 25.0 Å². The highest BCUT2D eigenvalue weighted by Gasteiger charge is 2.16. The van der Waals surface area contributed by atoms with Gasteiger partial charge in [-0.05, 0) is 24.6 Å². The van der Waals surface area contributed by atoms with Crippen molar-refractivity contribution >= 4 is 23.0 Å².